The van der Waals surface area contributed by atoms with Gasteiger partial charge in [-0.3, -0.25) is 4.79 Å². The smallest absolute Gasteiger partial charge is 0.237 e. The molecule has 1 aromatic carbocycles. The van der Waals surface area contributed by atoms with Gasteiger partial charge in [-0.2, -0.15) is 0 Å². The van der Waals surface area contributed by atoms with Crippen LogP contribution in [0.15, 0.2) is 18.2 Å². The molecule has 1 fully saturated rings. The second-order valence-electron chi connectivity index (χ2n) is 4.76. The highest BCUT2D eigenvalue weighted by Gasteiger charge is 2.27. The molecule has 3 N–H and O–H groups in total. The highest BCUT2D eigenvalue weighted by Crippen LogP contribution is 2.27. The molecule has 0 radical (unpaired) electrons. The van der Waals surface area contributed by atoms with E-state index in [0.717, 1.165) is 5.56 Å². The number of hydrogen-bond acceptors (Lipinski definition) is 5. The van der Waals surface area contributed by atoms with E-state index in [0.29, 0.717) is 31.0 Å². The van der Waals surface area contributed by atoms with Crippen molar-refractivity contribution in [3.05, 3.63) is 23.8 Å². The molecule has 2 atom stereocenters. The number of rotatable bonds is 5. The largest absolute Gasteiger partial charge is 0.493 e. The van der Waals surface area contributed by atoms with Gasteiger partial charge in [0.15, 0.2) is 11.5 Å². The van der Waals surface area contributed by atoms with Crippen LogP contribution in [0.25, 0.3) is 0 Å². The van der Waals surface area contributed by atoms with E-state index in [9.17, 15) is 9.90 Å². The fraction of sp³-hybridized carbons (Fsp3) is 0.500. The first-order chi connectivity index (χ1) is 9.63. The fourth-order valence-corrected chi connectivity index (χ4v) is 2.22. The number of carbonyl (C=O) groups is 1. The lowest BCUT2D eigenvalue weighted by Crippen LogP contribution is -2.39. The summed E-state index contributed by atoms with van der Waals surface area (Å²) in [7, 11) is 3.15. The molecule has 110 valence electrons. The van der Waals surface area contributed by atoms with Crippen molar-refractivity contribution < 1.29 is 19.4 Å². The predicted octanol–water partition coefficient (Wildman–Crippen LogP) is 0.0428. The maximum absolute atomic E-state index is 11.9. The number of β-amino-alcohol motifs (C(OH)–C–C–N with tert-alkyl or cyclic N) is 1. The summed E-state index contributed by atoms with van der Waals surface area (Å²) in [5.74, 6) is 1.19. The number of hydrogen-bond donors (Lipinski definition) is 3. The fourth-order valence-electron chi connectivity index (χ4n) is 2.22. The third-order valence-corrected chi connectivity index (χ3v) is 3.34. The molecule has 1 heterocycles. The minimum Gasteiger partial charge on any atom is -0.493 e. The number of aliphatic hydroxyl groups is 1. The first-order valence-corrected chi connectivity index (χ1v) is 6.54. The molecule has 0 saturated carbocycles. The Balaban J connectivity index is 1.92. The second kappa shape index (κ2) is 6.58. The van der Waals surface area contributed by atoms with E-state index in [-0.39, 0.29) is 11.9 Å². The Bertz CT molecular complexity index is 478. The standard InChI is InChI=1S/C14H20N2O4/c1-19-12-4-3-9(5-13(12)20-2)7-16-14(18)11-6-10(17)8-15-11/h3-5,10-11,15,17H,6-8H2,1-2H3,(H,16,18). The molecule has 1 aliphatic heterocycles. The number of benzene rings is 1. The van der Waals surface area contributed by atoms with Crippen molar-refractivity contribution >= 4 is 5.91 Å². The molecule has 0 aliphatic carbocycles. The summed E-state index contributed by atoms with van der Waals surface area (Å²) < 4.78 is 10.4. The van der Waals surface area contributed by atoms with Crippen molar-refractivity contribution in [3.63, 3.8) is 0 Å². The third-order valence-electron chi connectivity index (χ3n) is 3.34. The predicted molar refractivity (Wildman–Crippen MR) is 73.8 cm³/mol. The van der Waals surface area contributed by atoms with Crippen molar-refractivity contribution in [1.82, 2.24) is 10.6 Å². The summed E-state index contributed by atoms with van der Waals surface area (Å²) in [5.41, 5.74) is 0.926. The van der Waals surface area contributed by atoms with Crippen molar-refractivity contribution in [2.24, 2.45) is 0 Å². The van der Waals surface area contributed by atoms with Crippen LogP contribution in [0.1, 0.15) is 12.0 Å². The van der Waals surface area contributed by atoms with Gasteiger partial charge in [-0.15, -0.1) is 0 Å². The molecular formula is C14H20N2O4. The summed E-state index contributed by atoms with van der Waals surface area (Å²) >= 11 is 0. The first-order valence-electron chi connectivity index (χ1n) is 6.54. The Labute approximate surface area is 118 Å². The van der Waals surface area contributed by atoms with Gasteiger partial charge in [-0.1, -0.05) is 6.07 Å². The molecular weight excluding hydrogens is 260 g/mol. The van der Waals surface area contributed by atoms with Crippen LogP contribution in [-0.4, -0.2) is 43.9 Å². The Kier molecular flexibility index (Phi) is 4.81. The van der Waals surface area contributed by atoms with Crippen molar-refractivity contribution in [2.75, 3.05) is 20.8 Å². The van der Waals surface area contributed by atoms with Crippen molar-refractivity contribution in [3.8, 4) is 11.5 Å². The van der Waals surface area contributed by atoms with Crippen LogP contribution >= 0.6 is 0 Å². The van der Waals surface area contributed by atoms with Crippen LogP contribution in [0.4, 0.5) is 0 Å². The lowest BCUT2D eigenvalue weighted by Gasteiger charge is -2.13. The van der Waals surface area contributed by atoms with E-state index >= 15 is 0 Å². The molecule has 1 saturated heterocycles. The number of ether oxygens (including phenoxy) is 2. The minimum atomic E-state index is -0.438. The Morgan fingerprint density at radius 3 is 2.75 bits per heavy atom. The maximum atomic E-state index is 11.9. The molecule has 0 aromatic heterocycles. The molecule has 1 aromatic rings. The molecule has 20 heavy (non-hydrogen) atoms. The van der Waals surface area contributed by atoms with Crippen molar-refractivity contribution in [1.29, 1.82) is 0 Å². The number of aliphatic hydroxyl groups excluding tert-OH is 1. The van der Waals surface area contributed by atoms with Crippen LogP contribution in [-0.2, 0) is 11.3 Å². The van der Waals surface area contributed by atoms with E-state index in [1.807, 2.05) is 12.1 Å². The van der Waals surface area contributed by atoms with E-state index < -0.39 is 6.10 Å². The van der Waals surface area contributed by atoms with Crippen LogP contribution in [0, 0.1) is 0 Å². The lowest BCUT2D eigenvalue weighted by molar-refractivity contribution is -0.123. The van der Waals surface area contributed by atoms with E-state index in [2.05, 4.69) is 10.6 Å². The van der Waals surface area contributed by atoms with Gasteiger partial charge in [-0.25, -0.2) is 0 Å². The molecule has 1 amide bonds. The van der Waals surface area contributed by atoms with Gasteiger partial charge >= 0.3 is 0 Å². The zero-order chi connectivity index (χ0) is 14.5. The summed E-state index contributed by atoms with van der Waals surface area (Å²) in [6.07, 6.45) is 0.0180. The Hall–Kier alpha value is -1.79. The summed E-state index contributed by atoms with van der Waals surface area (Å²) in [6.45, 7) is 0.877. The molecule has 2 unspecified atom stereocenters. The zero-order valence-corrected chi connectivity index (χ0v) is 11.7. The van der Waals surface area contributed by atoms with Crippen LogP contribution in [0.3, 0.4) is 0 Å². The normalized spacial score (nSPS) is 21.6. The Morgan fingerprint density at radius 1 is 1.40 bits per heavy atom. The quantitative estimate of drug-likeness (QED) is 0.710. The van der Waals surface area contributed by atoms with Gasteiger partial charge < -0.3 is 25.2 Å². The van der Waals surface area contributed by atoms with Gasteiger partial charge in [0, 0.05) is 13.1 Å². The van der Waals surface area contributed by atoms with Gasteiger partial charge in [-0.05, 0) is 24.1 Å². The number of amides is 1. The second-order valence-corrected chi connectivity index (χ2v) is 4.76. The summed E-state index contributed by atoms with van der Waals surface area (Å²) in [4.78, 5) is 11.9. The SMILES string of the molecule is COc1ccc(CNC(=O)C2CC(O)CN2)cc1OC. The van der Waals surface area contributed by atoms with Crippen molar-refractivity contribution in [2.45, 2.75) is 25.1 Å². The number of carbonyl (C=O) groups excluding carboxylic acids is 1. The van der Waals surface area contributed by atoms with Crippen LogP contribution in [0.2, 0.25) is 0 Å². The van der Waals surface area contributed by atoms with Crippen LogP contribution < -0.4 is 20.1 Å². The highest BCUT2D eigenvalue weighted by atomic mass is 16.5. The summed E-state index contributed by atoms with van der Waals surface area (Å²) in [6, 6.07) is 5.19. The highest BCUT2D eigenvalue weighted by molar-refractivity contribution is 5.82. The Morgan fingerprint density at radius 2 is 2.15 bits per heavy atom. The van der Waals surface area contributed by atoms with Gasteiger partial charge in [0.1, 0.15) is 0 Å². The molecule has 6 nitrogen and oxygen atoms in total. The van der Waals surface area contributed by atoms with E-state index in [4.69, 9.17) is 9.47 Å². The monoisotopic (exact) mass is 280 g/mol. The first kappa shape index (κ1) is 14.6. The van der Waals surface area contributed by atoms with Gasteiger partial charge in [0.25, 0.3) is 0 Å². The lowest BCUT2D eigenvalue weighted by atomic mass is 10.1. The van der Waals surface area contributed by atoms with Crippen LogP contribution in [0.5, 0.6) is 11.5 Å². The van der Waals surface area contributed by atoms with E-state index in [1.54, 1.807) is 20.3 Å². The average molecular weight is 280 g/mol. The molecule has 2 rings (SSSR count). The average Bonchev–Trinajstić information content (AvgIpc) is 2.91. The molecule has 1 aliphatic rings. The molecule has 0 bridgehead atoms. The third kappa shape index (κ3) is 3.40. The maximum Gasteiger partial charge on any atom is 0.237 e. The minimum absolute atomic E-state index is 0.101. The van der Waals surface area contributed by atoms with Gasteiger partial charge in [0.2, 0.25) is 5.91 Å². The topological polar surface area (TPSA) is 79.8 Å². The van der Waals surface area contributed by atoms with Gasteiger partial charge in [0.05, 0.1) is 26.4 Å². The molecule has 6 heteroatoms. The van der Waals surface area contributed by atoms with E-state index in [1.165, 1.54) is 0 Å². The zero-order valence-electron chi connectivity index (χ0n) is 11.7. The summed E-state index contributed by atoms with van der Waals surface area (Å²) in [5, 5.41) is 15.2. The molecule has 0 spiro atoms. The number of nitrogens with one attached hydrogen (secondary N) is 2. The number of methoxy groups -OCH3 is 2.